The van der Waals surface area contributed by atoms with Crippen LogP contribution in [0.25, 0.3) is 11.1 Å². The highest BCUT2D eigenvalue weighted by atomic mass is 16.2. The maximum absolute atomic E-state index is 12.4. The highest BCUT2D eigenvalue weighted by molar-refractivity contribution is 6.04. The summed E-state index contributed by atoms with van der Waals surface area (Å²) in [4.78, 5) is 14.2. The molecule has 1 atom stereocenters. The molecule has 0 N–H and O–H groups in total. The van der Waals surface area contributed by atoms with Crippen LogP contribution in [-0.4, -0.2) is 13.0 Å². The second kappa shape index (κ2) is 3.98. The van der Waals surface area contributed by atoms with Gasteiger partial charge >= 0.3 is 0 Å². The van der Waals surface area contributed by atoms with Gasteiger partial charge in [0.25, 0.3) is 0 Å². The summed E-state index contributed by atoms with van der Waals surface area (Å²) in [7, 11) is 1.85. The molecule has 2 aromatic carbocycles. The van der Waals surface area contributed by atoms with Crippen molar-refractivity contribution >= 4 is 11.6 Å². The van der Waals surface area contributed by atoms with Crippen LogP contribution in [0.4, 0.5) is 5.69 Å². The average Bonchev–Trinajstić information content (AvgIpc) is 2.51. The van der Waals surface area contributed by atoms with Crippen molar-refractivity contribution in [2.24, 2.45) is 0 Å². The van der Waals surface area contributed by atoms with E-state index in [0.717, 1.165) is 16.8 Å². The van der Waals surface area contributed by atoms with Crippen LogP contribution in [0.15, 0.2) is 48.5 Å². The summed E-state index contributed by atoms with van der Waals surface area (Å²) >= 11 is 0. The zero-order valence-corrected chi connectivity index (χ0v) is 10.6. The quantitative estimate of drug-likeness (QED) is 0.687. The van der Waals surface area contributed by atoms with E-state index in [1.807, 2.05) is 50.4 Å². The van der Waals surface area contributed by atoms with Gasteiger partial charge in [0.15, 0.2) is 0 Å². The van der Waals surface area contributed by atoms with Crippen molar-refractivity contribution in [3.63, 3.8) is 0 Å². The second-order valence-electron chi connectivity index (χ2n) is 4.72. The van der Waals surface area contributed by atoms with E-state index in [1.165, 1.54) is 5.56 Å². The first-order valence-corrected chi connectivity index (χ1v) is 6.16. The zero-order valence-electron chi connectivity index (χ0n) is 10.6. The van der Waals surface area contributed by atoms with E-state index in [9.17, 15) is 4.79 Å². The van der Waals surface area contributed by atoms with Crippen LogP contribution in [-0.2, 0) is 4.79 Å². The largest absolute Gasteiger partial charge is 0.314 e. The van der Waals surface area contributed by atoms with Crippen LogP contribution in [0.3, 0.4) is 0 Å². The molecule has 2 heteroatoms. The summed E-state index contributed by atoms with van der Waals surface area (Å²) in [6, 6.07) is 16.2. The lowest BCUT2D eigenvalue weighted by molar-refractivity contribution is -0.119. The van der Waals surface area contributed by atoms with Gasteiger partial charge in [-0.2, -0.15) is 0 Å². The van der Waals surface area contributed by atoms with Gasteiger partial charge in [-0.05, 0) is 24.1 Å². The van der Waals surface area contributed by atoms with Gasteiger partial charge in [0.05, 0.1) is 11.6 Å². The summed E-state index contributed by atoms with van der Waals surface area (Å²) < 4.78 is 0. The van der Waals surface area contributed by atoms with Crippen LogP contribution in [0.1, 0.15) is 18.4 Å². The molecule has 0 unspecified atom stereocenters. The molecule has 90 valence electrons. The molecule has 0 bridgehead atoms. The Morgan fingerprint density at radius 1 is 0.944 bits per heavy atom. The Bertz CT molecular complexity index is 564. The van der Waals surface area contributed by atoms with Crippen LogP contribution in [0.2, 0.25) is 0 Å². The van der Waals surface area contributed by atoms with Crippen molar-refractivity contribution in [2.75, 3.05) is 11.9 Å². The Morgan fingerprint density at radius 3 is 2.33 bits per heavy atom. The SMILES string of the molecule is C[C@@H]1C(=O)N(C)c2ccccc2-c2ccccc21. The number of fused-ring (bicyclic) bond motifs is 3. The van der Waals surface area contributed by atoms with Gasteiger partial charge in [0, 0.05) is 12.6 Å². The molecule has 0 saturated heterocycles. The molecule has 0 saturated carbocycles. The second-order valence-corrected chi connectivity index (χ2v) is 4.72. The highest BCUT2D eigenvalue weighted by Gasteiger charge is 2.28. The molecule has 3 rings (SSSR count). The lowest BCUT2D eigenvalue weighted by atomic mass is 9.92. The van der Waals surface area contributed by atoms with E-state index in [2.05, 4.69) is 12.1 Å². The molecule has 0 spiro atoms. The first-order chi connectivity index (χ1) is 8.70. The minimum Gasteiger partial charge on any atom is -0.314 e. The molecule has 1 aliphatic heterocycles. The minimum absolute atomic E-state index is 0.0985. The summed E-state index contributed by atoms with van der Waals surface area (Å²) in [5, 5.41) is 0. The molecule has 0 aliphatic carbocycles. The Hall–Kier alpha value is -2.09. The molecule has 1 aliphatic rings. The van der Waals surface area contributed by atoms with E-state index >= 15 is 0 Å². The number of hydrogen-bond donors (Lipinski definition) is 0. The number of carbonyl (C=O) groups is 1. The van der Waals surface area contributed by atoms with Gasteiger partial charge in [-0.15, -0.1) is 0 Å². The smallest absolute Gasteiger partial charge is 0.234 e. The number of anilines is 1. The summed E-state index contributed by atoms with van der Waals surface area (Å²) in [5.74, 6) is 0.0472. The van der Waals surface area contributed by atoms with E-state index < -0.39 is 0 Å². The monoisotopic (exact) mass is 237 g/mol. The van der Waals surface area contributed by atoms with Crippen LogP contribution in [0, 0.1) is 0 Å². The van der Waals surface area contributed by atoms with Gasteiger partial charge in [-0.3, -0.25) is 4.79 Å². The lowest BCUT2D eigenvalue weighted by Crippen LogP contribution is -2.29. The number of likely N-dealkylation sites (N-methyl/N-ethyl adjacent to an activating group) is 1. The molecular formula is C16H15NO. The molecule has 18 heavy (non-hydrogen) atoms. The highest BCUT2D eigenvalue weighted by Crippen LogP contribution is 2.39. The van der Waals surface area contributed by atoms with Crippen LogP contribution in [0.5, 0.6) is 0 Å². The van der Waals surface area contributed by atoms with Gasteiger partial charge in [-0.1, -0.05) is 42.5 Å². The van der Waals surface area contributed by atoms with Gasteiger partial charge < -0.3 is 4.90 Å². The molecule has 1 amide bonds. The standard InChI is InChI=1S/C16H15NO/c1-11-12-7-3-4-8-13(12)14-9-5-6-10-15(14)17(2)16(11)18/h3-11H,1-2H3/t11-/m0/s1. The Balaban J connectivity index is 2.36. The third-order valence-corrected chi connectivity index (χ3v) is 3.68. The number of rotatable bonds is 0. The van der Waals surface area contributed by atoms with Gasteiger partial charge in [0.1, 0.15) is 0 Å². The van der Waals surface area contributed by atoms with Crippen molar-refractivity contribution in [1.29, 1.82) is 0 Å². The minimum atomic E-state index is -0.0985. The van der Waals surface area contributed by atoms with Gasteiger partial charge in [-0.25, -0.2) is 0 Å². The lowest BCUT2D eigenvalue weighted by Gasteiger charge is -2.19. The topological polar surface area (TPSA) is 20.3 Å². The zero-order chi connectivity index (χ0) is 12.7. The Labute approximate surface area is 107 Å². The molecule has 2 aromatic rings. The number of amides is 1. The van der Waals surface area contributed by atoms with Crippen LogP contribution < -0.4 is 4.90 Å². The molecular weight excluding hydrogens is 222 g/mol. The maximum Gasteiger partial charge on any atom is 0.234 e. The van der Waals surface area contributed by atoms with Crippen molar-refractivity contribution < 1.29 is 4.79 Å². The van der Waals surface area contributed by atoms with Crippen LogP contribution >= 0.6 is 0 Å². The summed E-state index contributed by atoms with van der Waals surface area (Å²) in [6.45, 7) is 1.98. The Morgan fingerprint density at radius 2 is 1.56 bits per heavy atom. The first kappa shape index (κ1) is 11.0. The molecule has 0 fully saturated rings. The van der Waals surface area contributed by atoms with E-state index in [-0.39, 0.29) is 11.8 Å². The van der Waals surface area contributed by atoms with Gasteiger partial charge in [0.2, 0.25) is 5.91 Å². The van der Waals surface area contributed by atoms with Crippen molar-refractivity contribution in [1.82, 2.24) is 0 Å². The fraction of sp³-hybridized carbons (Fsp3) is 0.188. The maximum atomic E-state index is 12.4. The average molecular weight is 237 g/mol. The fourth-order valence-electron chi connectivity index (χ4n) is 2.66. The van der Waals surface area contributed by atoms with E-state index in [0.29, 0.717) is 0 Å². The fourth-order valence-corrected chi connectivity index (χ4v) is 2.66. The van der Waals surface area contributed by atoms with E-state index in [1.54, 1.807) is 4.90 Å². The van der Waals surface area contributed by atoms with Crippen molar-refractivity contribution in [3.05, 3.63) is 54.1 Å². The first-order valence-electron chi connectivity index (χ1n) is 6.16. The van der Waals surface area contributed by atoms with Crippen molar-refractivity contribution in [2.45, 2.75) is 12.8 Å². The number of carbonyl (C=O) groups excluding carboxylic acids is 1. The van der Waals surface area contributed by atoms with Crippen molar-refractivity contribution in [3.8, 4) is 11.1 Å². The molecule has 2 nitrogen and oxygen atoms in total. The predicted octanol–water partition coefficient (Wildman–Crippen LogP) is 3.43. The predicted molar refractivity (Wildman–Crippen MR) is 73.7 cm³/mol. The third-order valence-electron chi connectivity index (χ3n) is 3.68. The molecule has 0 aromatic heterocycles. The summed E-state index contributed by atoms with van der Waals surface area (Å²) in [6.07, 6.45) is 0. The molecule has 1 heterocycles. The number of hydrogen-bond acceptors (Lipinski definition) is 1. The third kappa shape index (κ3) is 1.46. The summed E-state index contributed by atoms with van der Waals surface area (Å²) in [5.41, 5.74) is 4.39. The van der Waals surface area contributed by atoms with E-state index in [4.69, 9.17) is 0 Å². The number of para-hydroxylation sites is 1. The number of benzene rings is 2. The Kier molecular flexibility index (Phi) is 2.44. The number of nitrogens with zero attached hydrogens (tertiary/aromatic N) is 1. The normalized spacial score (nSPS) is 18.0. The molecule has 0 radical (unpaired) electrons.